The summed E-state index contributed by atoms with van der Waals surface area (Å²) in [5.41, 5.74) is 7.44. The largest absolute Gasteiger partial charge is 0.399 e. The molecule has 0 aromatic carbocycles. The second-order valence-corrected chi connectivity index (χ2v) is 3.32. The van der Waals surface area contributed by atoms with E-state index in [0.717, 1.165) is 11.4 Å². The number of aromatic nitrogens is 2. The molecular weight excluding hydrogens is 188 g/mol. The minimum Gasteiger partial charge on any atom is -0.399 e. The molecule has 0 aliphatic heterocycles. The fourth-order valence-electron chi connectivity index (χ4n) is 1.19. The lowest BCUT2D eigenvalue weighted by Gasteiger charge is -2.04. The van der Waals surface area contributed by atoms with Crippen LogP contribution in [0.4, 0.5) is 17.3 Å². The van der Waals surface area contributed by atoms with Gasteiger partial charge in [0.1, 0.15) is 11.6 Å². The van der Waals surface area contributed by atoms with Crippen LogP contribution >= 0.6 is 0 Å². The molecule has 0 atom stereocenters. The monoisotopic (exact) mass is 200 g/mol. The third-order valence-electron chi connectivity index (χ3n) is 1.95. The van der Waals surface area contributed by atoms with Crippen molar-refractivity contribution >= 4 is 17.3 Å². The van der Waals surface area contributed by atoms with Crippen molar-refractivity contribution in [2.24, 2.45) is 0 Å². The summed E-state index contributed by atoms with van der Waals surface area (Å²) >= 11 is 0. The van der Waals surface area contributed by atoms with Crippen LogP contribution in [0.25, 0.3) is 0 Å². The standard InChI is InChI=1S/C11H12N4/c1-8-2-3-10(14-7-8)15-11-6-9(12)4-5-13-11/h2-7H,1H3,(H3,12,13,14,15). The molecule has 0 unspecified atom stereocenters. The van der Waals surface area contributed by atoms with Gasteiger partial charge < -0.3 is 11.1 Å². The van der Waals surface area contributed by atoms with E-state index in [9.17, 15) is 0 Å². The van der Waals surface area contributed by atoms with Gasteiger partial charge in [0.25, 0.3) is 0 Å². The van der Waals surface area contributed by atoms with Crippen molar-refractivity contribution in [1.29, 1.82) is 0 Å². The molecule has 0 amide bonds. The second-order valence-electron chi connectivity index (χ2n) is 3.32. The highest BCUT2D eigenvalue weighted by atomic mass is 15.0. The van der Waals surface area contributed by atoms with Gasteiger partial charge >= 0.3 is 0 Å². The van der Waals surface area contributed by atoms with Crippen LogP contribution in [0, 0.1) is 6.92 Å². The highest BCUT2D eigenvalue weighted by molar-refractivity contribution is 5.56. The highest BCUT2D eigenvalue weighted by Gasteiger charge is 1.96. The number of nitrogens with zero attached hydrogens (tertiary/aromatic N) is 2. The zero-order valence-electron chi connectivity index (χ0n) is 8.44. The molecule has 2 aromatic rings. The van der Waals surface area contributed by atoms with E-state index in [1.54, 1.807) is 24.5 Å². The number of anilines is 3. The van der Waals surface area contributed by atoms with Crippen molar-refractivity contribution in [2.45, 2.75) is 6.92 Å². The third kappa shape index (κ3) is 2.43. The SMILES string of the molecule is Cc1ccc(Nc2cc(N)ccn2)nc1. The zero-order valence-corrected chi connectivity index (χ0v) is 8.44. The number of pyridine rings is 2. The smallest absolute Gasteiger partial charge is 0.133 e. The van der Waals surface area contributed by atoms with Crippen molar-refractivity contribution in [1.82, 2.24) is 9.97 Å². The molecule has 2 rings (SSSR count). The molecule has 76 valence electrons. The summed E-state index contributed by atoms with van der Waals surface area (Å²) in [5.74, 6) is 1.46. The summed E-state index contributed by atoms with van der Waals surface area (Å²) in [4.78, 5) is 8.34. The van der Waals surface area contributed by atoms with Crippen molar-refractivity contribution in [3.05, 3.63) is 42.2 Å². The Morgan fingerprint density at radius 2 is 2.00 bits per heavy atom. The highest BCUT2D eigenvalue weighted by Crippen LogP contribution is 2.13. The number of hydrogen-bond donors (Lipinski definition) is 2. The lowest BCUT2D eigenvalue weighted by Crippen LogP contribution is -1.96. The molecule has 0 radical (unpaired) electrons. The fourth-order valence-corrected chi connectivity index (χ4v) is 1.19. The van der Waals surface area contributed by atoms with Crippen molar-refractivity contribution in [3.63, 3.8) is 0 Å². The number of rotatable bonds is 2. The molecule has 4 nitrogen and oxygen atoms in total. The van der Waals surface area contributed by atoms with E-state index < -0.39 is 0 Å². The van der Waals surface area contributed by atoms with Gasteiger partial charge in [-0.1, -0.05) is 6.07 Å². The molecular formula is C11H12N4. The van der Waals surface area contributed by atoms with E-state index in [2.05, 4.69) is 15.3 Å². The Bertz CT molecular complexity index is 450. The van der Waals surface area contributed by atoms with Crippen molar-refractivity contribution in [2.75, 3.05) is 11.1 Å². The first kappa shape index (κ1) is 9.45. The number of aryl methyl sites for hydroxylation is 1. The van der Waals surface area contributed by atoms with Crippen LogP contribution in [0.1, 0.15) is 5.56 Å². The maximum Gasteiger partial charge on any atom is 0.133 e. The first-order chi connectivity index (χ1) is 7.24. The van der Waals surface area contributed by atoms with Gasteiger partial charge in [-0.3, -0.25) is 0 Å². The molecule has 0 spiro atoms. The third-order valence-corrected chi connectivity index (χ3v) is 1.95. The van der Waals surface area contributed by atoms with Crippen LogP contribution in [-0.2, 0) is 0 Å². The van der Waals surface area contributed by atoms with Crippen molar-refractivity contribution in [3.8, 4) is 0 Å². The van der Waals surface area contributed by atoms with Crippen LogP contribution in [0.15, 0.2) is 36.7 Å². The summed E-state index contributed by atoms with van der Waals surface area (Å²) in [6.07, 6.45) is 3.46. The van der Waals surface area contributed by atoms with Gasteiger partial charge in [0.2, 0.25) is 0 Å². The Morgan fingerprint density at radius 1 is 1.13 bits per heavy atom. The average molecular weight is 200 g/mol. The normalized spacial score (nSPS) is 9.93. The van der Waals surface area contributed by atoms with Crippen LogP contribution < -0.4 is 11.1 Å². The summed E-state index contributed by atoms with van der Waals surface area (Å²) in [6.45, 7) is 2.00. The van der Waals surface area contributed by atoms with E-state index >= 15 is 0 Å². The van der Waals surface area contributed by atoms with Gasteiger partial charge in [0.05, 0.1) is 0 Å². The summed E-state index contributed by atoms with van der Waals surface area (Å²) in [7, 11) is 0. The lowest BCUT2D eigenvalue weighted by molar-refractivity contribution is 1.23. The molecule has 0 aliphatic carbocycles. The number of hydrogen-bond acceptors (Lipinski definition) is 4. The van der Waals surface area contributed by atoms with Gasteiger partial charge in [-0.25, -0.2) is 9.97 Å². The summed E-state index contributed by atoms with van der Waals surface area (Å²) in [5, 5.41) is 3.07. The number of nitrogen functional groups attached to an aromatic ring is 1. The molecule has 0 saturated heterocycles. The van der Waals surface area contributed by atoms with Gasteiger partial charge in [0.15, 0.2) is 0 Å². The van der Waals surface area contributed by atoms with E-state index in [-0.39, 0.29) is 0 Å². The molecule has 0 saturated carbocycles. The Balaban J connectivity index is 2.18. The summed E-state index contributed by atoms with van der Waals surface area (Å²) < 4.78 is 0. The maximum atomic E-state index is 5.64. The predicted molar refractivity (Wildman–Crippen MR) is 60.9 cm³/mol. The van der Waals surface area contributed by atoms with Gasteiger partial charge in [-0.15, -0.1) is 0 Å². The number of nitrogens with one attached hydrogen (secondary N) is 1. The molecule has 2 heterocycles. The molecule has 4 heteroatoms. The van der Waals surface area contributed by atoms with Gasteiger partial charge in [-0.05, 0) is 24.6 Å². The average Bonchev–Trinajstić information content (AvgIpc) is 2.22. The first-order valence-electron chi connectivity index (χ1n) is 4.65. The van der Waals surface area contributed by atoms with E-state index in [4.69, 9.17) is 5.73 Å². The molecule has 0 bridgehead atoms. The molecule has 2 aromatic heterocycles. The molecule has 0 fully saturated rings. The topological polar surface area (TPSA) is 63.8 Å². The zero-order chi connectivity index (χ0) is 10.7. The van der Waals surface area contributed by atoms with Gasteiger partial charge in [0, 0.05) is 24.1 Å². The predicted octanol–water partition coefficient (Wildman–Crippen LogP) is 2.11. The number of nitrogens with two attached hydrogens (primary N) is 1. The maximum absolute atomic E-state index is 5.64. The molecule has 3 N–H and O–H groups in total. The minimum atomic E-state index is 0.680. The van der Waals surface area contributed by atoms with E-state index in [0.29, 0.717) is 11.5 Å². The van der Waals surface area contributed by atoms with E-state index in [1.165, 1.54) is 0 Å². The Hall–Kier alpha value is -2.10. The van der Waals surface area contributed by atoms with Gasteiger partial charge in [-0.2, -0.15) is 0 Å². The first-order valence-corrected chi connectivity index (χ1v) is 4.65. The summed E-state index contributed by atoms with van der Waals surface area (Å²) in [6, 6.07) is 7.40. The fraction of sp³-hybridized carbons (Fsp3) is 0.0909. The van der Waals surface area contributed by atoms with Crippen LogP contribution in [-0.4, -0.2) is 9.97 Å². The lowest BCUT2D eigenvalue weighted by atomic mass is 10.3. The molecule has 0 aliphatic rings. The van der Waals surface area contributed by atoms with Crippen molar-refractivity contribution < 1.29 is 0 Å². The Morgan fingerprint density at radius 3 is 2.67 bits per heavy atom. The minimum absolute atomic E-state index is 0.680. The van der Waals surface area contributed by atoms with Crippen LogP contribution in [0.3, 0.4) is 0 Å². The Labute approximate surface area is 88.2 Å². The molecule has 15 heavy (non-hydrogen) atoms. The van der Waals surface area contributed by atoms with E-state index in [1.807, 2.05) is 19.1 Å². The quantitative estimate of drug-likeness (QED) is 0.779. The Kier molecular flexibility index (Phi) is 2.49. The second kappa shape index (κ2) is 3.96. The van der Waals surface area contributed by atoms with Crippen LogP contribution in [0.5, 0.6) is 0 Å². The van der Waals surface area contributed by atoms with Crippen LogP contribution in [0.2, 0.25) is 0 Å².